The van der Waals surface area contributed by atoms with Gasteiger partial charge in [0.15, 0.2) is 0 Å². The van der Waals surface area contributed by atoms with Crippen molar-refractivity contribution >= 4 is 17.3 Å². The van der Waals surface area contributed by atoms with E-state index in [1.807, 2.05) is 32.0 Å². The van der Waals surface area contributed by atoms with Crippen LogP contribution in [0.3, 0.4) is 0 Å². The summed E-state index contributed by atoms with van der Waals surface area (Å²) in [5, 5.41) is 4.09. The number of halogens is 1. The molecule has 0 unspecified atom stereocenters. The third-order valence-corrected chi connectivity index (χ3v) is 3.34. The predicted octanol–water partition coefficient (Wildman–Crippen LogP) is 4.98. The molecular formula is C15H24ClNO. The van der Waals surface area contributed by atoms with Crippen molar-refractivity contribution in [3.63, 3.8) is 0 Å². The normalized spacial score (nSPS) is 11.1. The molecule has 0 heterocycles. The van der Waals surface area contributed by atoms with Crippen molar-refractivity contribution < 1.29 is 4.74 Å². The number of ether oxygens (including phenoxy) is 1. The molecule has 1 N–H and O–H groups in total. The minimum absolute atomic E-state index is 0.144. The number of benzene rings is 1. The molecule has 1 aromatic carbocycles. The lowest BCUT2D eigenvalue weighted by atomic mass is 10.0. The Morgan fingerprint density at radius 1 is 1.22 bits per heavy atom. The van der Waals surface area contributed by atoms with Crippen LogP contribution in [0.5, 0.6) is 5.75 Å². The van der Waals surface area contributed by atoms with Crippen LogP contribution >= 0.6 is 11.6 Å². The molecule has 0 aliphatic carbocycles. The molecule has 0 saturated heterocycles. The van der Waals surface area contributed by atoms with E-state index >= 15 is 0 Å². The van der Waals surface area contributed by atoms with Crippen molar-refractivity contribution in [1.82, 2.24) is 0 Å². The first-order chi connectivity index (χ1) is 8.56. The molecule has 1 aromatic rings. The lowest BCUT2D eigenvalue weighted by Crippen LogP contribution is -2.12. The zero-order chi connectivity index (χ0) is 13.5. The van der Waals surface area contributed by atoms with E-state index in [4.69, 9.17) is 16.3 Å². The van der Waals surface area contributed by atoms with Gasteiger partial charge in [-0.2, -0.15) is 0 Å². The fourth-order valence-corrected chi connectivity index (χ4v) is 2.02. The van der Waals surface area contributed by atoms with Crippen LogP contribution < -0.4 is 10.1 Å². The average Bonchev–Trinajstić information content (AvgIpc) is 2.33. The third-order valence-electron chi connectivity index (χ3n) is 3.04. The second-order valence-electron chi connectivity index (χ2n) is 4.88. The van der Waals surface area contributed by atoms with Gasteiger partial charge in [-0.1, -0.05) is 38.3 Å². The summed E-state index contributed by atoms with van der Waals surface area (Å²) in [6.07, 6.45) is 2.54. The van der Waals surface area contributed by atoms with Gasteiger partial charge in [-0.15, -0.1) is 0 Å². The molecule has 0 aliphatic heterocycles. The van der Waals surface area contributed by atoms with E-state index in [9.17, 15) is 0 Å². The molecule has 1 rings (SSSR count). The maximum absolute atomic E-state index is 6.19. The monoisotopic (exact) mass is 269 g/mol. The predicted molar refractivity (Wildman–Crippen MR) is 79.8 cm³/mol. The first-order valence-electron chi connectivity index (χ1n) is 6.76. The zero-order valence-corrected chi connectivity index (χ0v) is 12.6. The Morgan fingerprint density at radius 3 is 2.39 bits per heavy atom. The molecule has 0 fully saturated rings. The molecule has 0 aliphatic rings. The fourth-order valence-electron chi connectivity index (χ4n) is 1.80. The molecule has 0 aromatic heterocycles. The fraction of sp³-hybridized carbons (Fsp3) is 0.600. The van der Waals surface area contributed by atoms with Crippen LogP contribution in [-0.4, -0.2) is 12.6 Å². The highest BCUT2D eigenvalue weighted by Gasteiger charge is 2.06. The summed E-state index contributed by atoms with van der Waals surface area (Å²) >= 11 is 6.19. The lowest BCUT2D eigenvalue weighted by Gasteiger charge is -2.16. The summed E-state index contributed by atoms with van der Waals surface area (Å²) in [5.41, 5.74) is 1.06. The van der Waals surface area contributed by atoms with Gasteiger partial charge in [-0.25, -0.2) is 0 Å². The molecule has 0 bridgehead atoms. The molecule has 0 saturated carbocycles. The summed E-state index contributed by atoms with van der Waals surface area (Å²) in [6.45, 7) is 9.43. The summed E-state index contributed by atoms with van der Waals surface area (Å²) < 4.78 is 5.61. The van der Waals surface area contributed by atoms with Crippen LogP contribution in [0.1, 0.15) is 40.5 Å². The molecule has 0 atom stereocenters. The van der Waals surface area contributed by atoms with E-state index in [1.54, 1.807) is 0 Å². The van der Waals surface area contributed by atoms with Crippen LogP contribution in [0.15, 0.2) is 18.2 Å². The maximum atomic E-state index is 6.19. The summed E-state index contributed by atoms with van der Waals surface area (Å²) in [4.78, 5) is 0. The third kappa shape index (κ3) is 4.77. The van der Waals surface area contributed by atoms with Crippen LogP contribution in [0.4, 0.5) is 5.69 Å². The Kier molecular flexibility index (Phi) is 6.34. The maximum Gasteiger partial charge on any atom is 0.138 e. The SMILES string of the molecule is CCC(CC)CNc1ccc(OC(C)C)c(Cl)c1. The van der Waals surface area contributed by atoms with Gasteiger partial charge in [-0.05, 0) is 38.0 Å². The Labute approximate surface area is 116 Å². The molecule has 0 radical (unpaired) electrons. The van der Waals surface area contributed by atoms with Gasteiger partial charge in [0, 0.05) is 12.2 Å². The van der Waals surface area contributed by atoms with Gasteiger partial charge < -0.3 is 10.1 Å². The number of anilines is 1. The van der Waals surface area contributed by atoms with Gasteiger partial charge in [0.2, 0.25) is 0 Å². The molecule has 102 valence electrons. The van der Waals surface area contributed by atoms with E-state index in [2.05, 4.69) is 19.2 Å². The number of rotatable bonds is 7. The minimum atomic E-state index is 0.144. The quantitative estimate of drug-likeness (QED) is 0.754. The van der Waals surface area contributed by atoms with Gasteiger partial charge in [0.25, 0.3) is 0 Å². The Hall–Kier alpha value is -0.890. The average molecular weight is 270 g/mol. The first kappa shape index (κ1) is 15.2. The van der Waals surface area contributed by atoms with Gasteiger partial charge in [-0.3, -0.25) is 0 Å². The summed E-state index contributed by atoms with van der Waals surface area (Å²) in [6, 6.07) is 5.88. The van der Waals surface area contributed by atoms with Gasteiger partial charge in [0.1, 0.15) is 5.75 Å². The number of hydrogen-bond donors (Lipinski definition) is 1. The second kappa shape index (κ2) is 7.52. The largest absolute Gasteiger partial charge is 0.489 e. The second-order valence-corrected chi connectivity index (χ2v) is 5.28. The van der Waals surface area contributed by atoms with Gasteiger partial charge in [0.05, 0.1) is 11.1 Å². The topological polar surface area (TPSA) is 21.3 Å². The van der Waals surface area contributed by atoms with Crippen molar-refractivity contribution in [2.75, 3.05) is 11.9 Å². The van der Waals surface area contributed by atoms with Crippen LogP contribution in [-0.2, 0) is 0 Å². The van der Waals surface area contributed by atoms with E-state index in [1.165, 1.54) is 12.8 Å². The van der Waals surface area contributed by atoms with Gasteiger partial charge >= 0.3 is 0 Å². The van der Waals surface area contributed by atoms with Crippen LogP contribution in [0.25, 0.3) is 0 Å². The highest BCUT2D eigenvalue weighted by atomic mass is 35.5. The molecular weight excluding hydrogens is 246 g/mol. The zero-order valence-electron chi connectivity index (χ0n) is 11.8. The highest BCUT2D eigenvalue weighted by Crippen LogP contribution is 2.28. The van der Waals surface area contributed by atoms with E-state index in [-0.39, 0.29) is 6.10 Å². The molecule has 3 heteroatoms. The van der Waals surface area contributed by atoms with Crippen molar-refractivity contribution in [2.24, 2.45) is 5.92 Å². The Bertz CT molecular complexity index is 362. The smallest absolute Gasteiger partial charge is 0.138 e. The van der Waals surface area contributed by atoms with E-state index in [0.717, 1.165) is 23.9 Å². The van der Waals surface area contributed by atoms with E-state index in [0.29, 0.717) is 5.02 Å². The van der Waals surface area contributed by atoms with Crippen LogP contribution in [0, 0.1) is 5.92 Å². The summed E-state index contributed by atoms with van der Waals surface area (Å²) in [7, 11) is 0. The van der Waals surface area contributed by atoms with E-state index < -0.39 is 0 Å². The van der Waals surface area contributed by atoms with Crippen molar-refractivity contribution in [3.8, 4) is 5.75 Å². The Balaban J connectivity index is 2.61. The lowest BCUT2D eigenvalue weighted by molar-refractivity contribution is 0.242. The molecule has 0 amide bonds. The molecule has 2 nitrogen and oxygen atoms in total. The van der Waals surface area contributed by atoms with Crippen molar-refractivity contribution in [3.05, 3.63) is 23.2 Å². The highest BCUT2D eigenvalue weighted by molar-refractivity contribution is 6.32. The number of hydrogen-bond acceptors (Lipinski definition) is 2. The number of nitrogens with one attached hydrogen (secondary N) is 1. The summed E-state index contributed by atoms with van der Waals surface area (Å²) in [5.74, 6) is 1.47. The standard InChI is InChI=1S/C15H24ClNO/c1-5-12(6-2)10-17-13-7-8-15(14(16)9-13)18-11(3)4/h7-9,11-12,17H,5-6,10H2,1-4H3. The van der Waals surface area contributed by atoms with Crippen molar-refractivity contribution in [2.45, 2.75) is 46.6 Å². The van der Waals surface area contributed by atoms with Crippen molar-refractivity contribution in [1.29, 1.82) is 0 Å². The molecule has 0 spiro atoms. The first-order valence-corrected chi connectivity index (χ1v) is 7.14. The molecule has 18 heavy (non-hydrogen) atoms. The minimum Gasteiger partial charge on any atom is -0.489 e. The van der Waals surface area contributed by atoms with Crippen LogP contribution in [0.2, 0.25) is 5.02 Å². The Morgan fingerprint density at radius 2 is 1.89 bits per heavy atom.